The van der Waals surface area contributed by atoms with Crippen LogP contribution in [0.4, 0.5) is 0 Å². The van der Waals surface area contributed by atoms with Crippen molar-refractivity contribution in [3.05, 3.63) is 17.7 Å². The van der Waals surface area contributed by atoms with E-state index >= 15 is 0 Å². The zero-order valence-corrected chi connectivity index (χ0v) is 8.36. The Kier molecular flexibility index (Phi) is 3.64. The maximum Gasteiger partial charge on any atom is 0.372 e. The van der Waals surface area contributed by atoms with Gasteiger partial charge in [0.25, 0.3) is 0 Å². The summed E-state index contributed by atoms with van der Waals surface area (Å²) in [5, 5.41) is 8.81. The minimum absolute atomic E-state index is 0.0715. The molecule has 78 valence electrons. The quantitative estimate of drug-likeness (QED) is 0.770. The van der Waals surface area contributed by atoms with E-state index in [-0.39, 0.29) is 5.82 Å². The first-order chi connectivity index (χ1) is 6.69. The van der Waals surface area contributed by atoms with Gasteiger partial charge in [-0.2, -0.15) is 0 Å². The molecule has 1 rings (SSSR count). The van der Waals surface area contributed by atoms with Gasteiger partial charge in [0.1, 0.15) is 0 Å². The number of hydrogen-bond acceptors (Lipinski definition) is 3. The lowest BCUT2D eigenvalue weighted by Crippen LogP contribution is -2.07. The highest BCUT2D eigenvalue weighted by molar-refractivity contribution is 5.83. The summed E-state index contributed by atoms with van der Waals surface area (Å²) in [6, 6.07) is 0. The van der Waals surface area contributed by atoms with Gasteiger partial charge < -0.3 is 14.4 Å². The molecule has 0 amide bonds. The second-order valence-corrected chi connectivity index (χ2v) is 2.78. The first kappa shape index (κ1) is 10.7. The predicted molar refractivity (Wildman–Crippen MR) is 50.2 cm³/mol. The highest BCUT2D eigenvalue weighted by Crippen LogP contribution is 2.05. The van der Waals surface area contributed by atoms with Crippen LogP contribution in [0.25, 0.3) is 0 Å². The van der Waals surface area contributed by atoms with Crippen LogP contribution < -0.4 is 0 Å². The molecular weight excluding hydrogens is 184 g/mol. The fourth-order valence-electron chi connectivity index (χ4n) is 1.16. The van der Waals surface area contributed by atoms with Gasteiger partial charge in [-0.1, -0.05) is 0 Å². The van der Waals surface area contributed by atoms with E-state index in [9.17, 15) is 4.79 Å². The van der Waals surface area contributed by atoms with Gasteiger partial charge in [0.05, 0.1) is 12.3 Å². The monoisotopic (exact) mass is 198 g/mol. The van der Waals surface area contributed by atoms with E-state index in [4.69, 9.17) is 9.84 Å². The molecule has 0 atom stereocenters. The van der Waals surface area contributed by atoms with Crippen LogP contribution in [0.1, 0.15) is 30.2 Å². The van der Waals surface area contributed by atoms with E-state index in [0.717, 1.165) is 0 Å². The number of carbonyl (C=O) groups is 1. The fraction of sp³-hybridized carbons (Fsp3) is 0.556. The molecule has 0 saturated heterocycles. The average Bonchev–Trinajstić information content (AvgIpc) is 2.57. The summed E-state index contributed by atoms with van der Waals surface area (Å²) in [7, 11) is 0. The van der Waals surface area contributed by atoms with Gasteiger partial charge in [-0.25, -0.2) is 9.78 Å². The van der Waals surface area contributed by atoms with Crippen LogP contribution >= 0.6 is 0 Å². The van der Waals surface area contributed by atoms with Crippen LogP contribution in [-0.2, 0) is 17.9 Å². The number of carboxylic acid groups (broad SMARTS) is 1. The van der Waals surface area contributed by atoms with Crippen molar-refractivity contribution in [3.63, 3.8) is 0 Å². The second-order valence-electron chi connectivity index (χ2n) is 2.78. The maximum atomic E-state index is 10.7. The van der Waals surface area contributed by atoms with E-state index < -0.39 is 5.97 Å². The van der Waals surface area contributed by atoms with Crippen molar-refractivity contribution in [2.45, 2.75) is 27.0 Å². The lowest BCUT2D eigenvalue weighted by Gasteiger charge is -1.97. The summed E-state index contributed by atoms with van der Waals surface area (Å²) in [4.78, 5) is 14.7. The zero-order chi connectivity index (χ0) is 10.6. The van der Waals surface area contributed by atoms with Gasteiger partial charge in [-0.3, -0.25) is 0 Å². The molecule has 0 saturated carbocycles. The SMILES string of the molecule is CCOCc1cn(CC)c(C(=O)O)n1. The Morgan fingerprint density at radius 2 is 2.36 bits per heavy atom. The fourth-order valence-corrected chi connectivity index (χ4v) is 1.16. The van der Waals surface area contributed by atoms with Crippen LogP contribution in [0.5, 0.6) is 0 Å². The Bertz CT molecular complexity index is 320. The molecular formula is C9H14N2O3. The molecule has 0 unspecified atom stereocenters. The molecule has 0 aliphatic carbocycles. The van der Waals surface area contributed by atoms with Crippen molar-refractivity contribution in [2.24, 2.45) is 0 Å². The number of imidazole rings is 1. The van der Waals surface area contributed by atoms with Crippen molar-refractivity contribution >= 4 is 5.97 Å². The van der Waals surface area contributed by atoms with E-state index in [1.165, 1.54) is 0 Å². The lowest BCUT2D eigenvalue weighted by molar-refractivity contribution is 0.0678. The first-order valence-corrected chi connectivity index (χ1v) is 4.56. The summed E-state index contributed by atoms with van der Waals surface area (Å²) in [5.74, 6) is -0.934. The number of nitrogens with zero attached hydrogens (tertiary/aromatic N) is 2. The first-order valence-electron chi connectivity index (χ1n) is 4.56. The van der Waals surface area contributed by atoms with Crippen molar-refractivity contribution in [1.29, 1.82) is 0 Å². The Balaban J connectivity index is 2.83. The third-order valence-corrected chi connectivity index (χ3v) is 1.81. The number of aromatic nitrogens is 2. The standard InChI is InChI=1S/C9H14N2O3/c1-3-11-5-7(6-14-4-2)10-8(11)9(12)13/h5H,3-4,6H2,1-2H3,(H,12,13). The minimum atomic E-state index is -1.01. The molecule has 14 heavy (non-hydrogen) atoms. The van der Waals surface area contributed by atoms with Gasteiger partial charge >= 0.3 is 5.97 Å². The topological polar surface area (TPSA) is 64.3 Å². The molecule has 0 bridgehead atoms. The molecule has 5 nitrogen and oxygen atoms in total. The molecule has 1 aromatic rings. The van der Waals surface area contributed by atoms with Crippen LogP contribution in [0.15, 0.2) is 6.20 Å². The lowest BCUT2D eigenvalue weighted by atomic mass is 10.5. The molecule has 0 aliphatic heterocycles. The number of carboxylic acids is 1. The Labute approximate surface area is 82.3 Å². The normalized spacial score (nSPS) is 10.4. The zero-order valence-electron chi connectivity index (χ0n) is 8.36. The van der Waals surface area contributed by atoms with Crippen LogP contribution in [0.2, 0.25) is 0 Å². The number of ether oxygens (including phenoxy) is 1. The molecule has 1 aromatic heterocycles. The molecule has 0 aliphatic rings. The molecule has 0 aromatic carbocycles. The number of aryl methyl sites for hydroxylation is 1. The summed E-state index contributed by atoms with van der Waals surface area (Å²) < 4.78 is 6.74. The van der Waals surface area contributed by atoms with Gasteiger partial charge in [-0.05, 0) is 13.8 Å². The summed E-state index contributed by atoms with van der Waals surface area (Å²) in [5.41, 5.74) is 0.658. The Morgan fingerprint density at radius 3 is 2.79 bits per heavy atom. The number of rotatable bonds is 5. The van der Waals surface area contributed by atoms with E-state index in [0.29, 0.717) is 25.5 Å². The highest BCUT2D eigenvalue weighted by atomic mass is 16.5. The van der Waals surface area contributed by atoms with Crippen molar-refractivity contribution in [2.75, 3.05) is 6.61 Å². The molecule has 0 spiro atoms. The second kappa shape index (κ2) is 4.76. The van der Waals surface area contributed by atoms with E-state index in [1.54, 1.807) is 10.8 Å². The predicted octanol–water partition coefficient (Wildman–Crippen LogP) is 1.14. The van der Waals surface area contributed by atoms with Gasteiger partial charge in [-0.15, -0.1) is 0 Å². The van der Waals surface area contributed by atoms with Crippen LogP contribution in [0.3, 0.4) is 0 Å². The van der Waals surface area contributed by atoms with Crippen molar-refractivity contribution in [1.82, 2.24) is 9.55 Å². The van der Waals surface area contributed by atoms with E-state index in [2.05, 4.69) is 4.98 Å². The summed E-state index contributed by atoms with van der Waals surface area (Å²) in [6.07, 6.45) is 1.71. The van der Waals surface area contributed by atoms with Gasteiger partial charge in [0, 0.05) is 19.3 Å². The van der Waals surface area contributed by atoms with Gasteiger partial charge in [0.2, 0.25) is 5.82 Å². The molecule has 0 radical (unpaired) electrons. The van der Waals surface area contributed by atoms with Crippen LogP contribution in [0, 0.1) is 0 Å². The van der Waals surface area contributed by atoms with E-state index in [1.807, 2.05) is 13.8 Å². The molecule has 1 N–H and O–H groups in total. The third-order valence-electron chi connectivity index (χ3n) is 1.81. The minimum Gasteiger partial charge on any atom is -0.475 e. The average molecular weight is 198 g/mol. The highest BCUT2D eigenvalue weighted by Gasteiger charge is 2.12. The number of hydrogen-bond donors (Lipinski definition) is 1. The third kappa shape index (κ3) is 2.32. The van der Waals surface area contributed by atoms with Gasteiger partial charge in [0.15, 0.2) is 0 Å². The van der Waals surface area contributed by atoms with Crippen molar-refractivity contribution < 1.29 is 14.6 Å². The van der Waals surface area contributed by atoms with Crippen LogP contribution in [-0.4, -0.2) is 27.2 Å². The molecule has 5 heteroatoms. The largest absolute Gasteiger partial charge is 0.475 e. The molecule has 1 heterocycles. The number of aromatic carboxylic acids is 1. The summed E-state index contributed by atoms with van der Waals surface area (Å²) in [6.45, 7) is 5.32. The summed E-state index contributed by atoms with van der Waals surface area (Å²) >= 11 is 0. The maximum absolute atomic E-state index is 10.7. The molecule has 0 fully saturated rings. The Hall–Kier alpha value is -1.36. The smallest absolute Gasteiger partial charge is 0.372 e. The Morgan fingerprint density at radius 1 is 1.64 bits per heavy atom. The van der Waals surface area contributed by atoms with Crippen molar-refractivity contribution in [3.8, 4) is 0 Å².